The smallest absolute Gasteiger partial charge is 0.0954 e. The summed E-state index contributed by atoms with van der Waals surface area (Å²) in [7, 11) is 0. The number of aryl methyl sites for hydroxylation is 1. The zero-order valence-electron chi connectivity index (χ0n) is 13.1. The molecule has 2 unspecified atom stereocenters. The van der Waals surface area contributed by atoms with Crippen LogP contribution in [0.25, 0.3) is 0 Å². The van der Waals surface area contributed by atoms with Crippen molar-refractivity contribution in [2.24, 2.45) is 0 Å². The number of halogens is 1. The number of rotatable bonds is 3. The van der Waals surface area contributed by atoms with Crippen molar-refractivity contribution in [3.05, 3.63) is 88.5 Å². The van der Waals surface area contributed by atoms with Gasteiger partial charge in [0.1, 0.15) is 0 Å². The van der Waals surface area contributed by atoms with E-state index in [4.69, 9.17) is 11.6 Å². The number of imidazole rings is 1. The molecule has 0 fully saturated rings. The summed E-state index contributed by atoms with van der Waals surface area (Å²) in [4.78, 5) is 4.23. The quantitative estimate of drug-likeness (QED) is 0.646. The molecule has 1 heterocycles. The molecule has 0 bridgehead atoms. The zero-order valence-corrected chi connectivity index (χ0v) is 13.9. The molecule has 1 aliphatic rings. The van der Waals surface area contributed by atoms with Gasteiger partial charge in [0.05, 0.1) is 12.4 Å². The normalized spacial score (nSPS) is 17.9. The zero-order chi connectivity index (χ0) is 15.8. The first-order valence-corrected chi connectivity index (χ1v) is 8.46. The number of aromatic nitrogens is 2. The molecule has 1 aliphatic carbocycles. The second-order valence-electron chi connectivity index (χ2n) is 6.33. The van der Waals surface area contributed by atoms with Crippen molar-refractivity contribution in [2.45, 2.75) is 31.7 Å². The molecule has 3 heteroatoms. The molecule has 0 saturated carbocycles. The van der Waals surface area contributed by atoms with Crippen LogP contribution in [0.1, 0.15) is 47.6 Å². The Morgan fingerprint density at radius 3 is 2.87 bits per heavy atom. The van der Waals surface area contributed by atoms with Crippen LogP contribution >= 0.6 is 11.6 Å². The molecule has 4 rings (SSSR count). The standard InChI is InChI=1S/C20H19ClN2/c1-14-6-7-15-8-9-16(12-18(14)15)20(23-11-10-22-13-23)17-4-2-3-5-19(17)21/h2-5,8-14,20H,6-7H2,1H3. The largest absolute Gasteiger partial charge is 0.326 e. The first kappa shape index (κ1) is 14.5. The average Bonchev–Trinajstić information content (AvgIpc) is 3.21. The third-order valence-corrected chi connectivity index (χ3v) is 5.23. The maximum Gasteiger partial charge on any atom is 0.0954 e. The fraction of sp³-hybridized carbons (Fsp3) is 0.250. The van der Waals surface area contributed by atoms with Crippen molar-refractivity contribution in [1.29, 1.82) is 0 Å². The summed E-state index contributed by atoms with van der Waals surface area (Å²) < 4.78 is 2.13. The van der Waals surface area contributed by atoms with Crippen molar-refractivity contribution < 1.29 is 0 Å². The summed E-state index contributed by atoms with van der Waals surface area (Å²) in [6.07, 6.45) is 8.13. The van der Waals surface area contributed by atoms with Crippen LogP contribution in [0.4, 0.5) is 0 Å². The van der Waals surface area contributed by atoms with Crippen molar-refractivity contribution in [3.63, 3.8) is 0 Å². The lowest BCUT2D eigenvalue weighted by Crippen LogP contribution is -2.11. The van der Waals surface area contributed by atoms with Crippen molar-refractivity contribution in [1.82, 2.24) is 9.55 Å². The Balaban J connectivity index is 1.87. The highest BCUT2D eigenvalue weighted by Gasteiger charge is 2.23. The van der Waals surface area contributed by atoms with E-state index in [0.29, 0.717) is 5.92 Å². The van der Waals surface area contributed by atoms with Crippen molar-refractivity contribution in [3.8, 4) is 0 Å². The highest BCUT2D eigenvalue weighted by Crippen LogP contribution is 2.37. The van der Waals surface area contributed by atoms with Crippen LogP contribution in [0.15, 0.2) is 61.2 Å². The maximum atomic E-state index is 6.50. The Bertz CT molecular complexity index is 823. The number of benzene rings is 2. The second kappa shape index (κ2) is 5.86. The Labute approximate surface area is 141 Å². The minimum Gasteiger partial charge on any atom is -0.326 e. The number of fused-ring (bicyclic) bond motifs is 1. The van der Waals surface area contributed by atoms with Gasteiger partial charge in [-0.3, -0.25) is 0 Å². The maximum absolute atomic E-state index is 6.50. The molecule has 2 nitrogen and oxygen atoms in total. The van der Waals surface area contributed by atoms with Gasteiger partial charge >= 0.3 is 0 Å². The summed E-state index contributed by atoms with van der Waals surface area (Å²) >= 11 is 6.50. The van der Waals surface area contributed by atoms with Gasteiger partial charge in [-0.1, -0.05) is 54.9 Å². The van der Waals surface area contributed by atoms with Gasteiger partial charge in [0.25, 0.3) is 0 Å². The lowest BCUT2D eigenvalue weighted by atomic mass is 9.93. The highest BCUT2D eigenvalue weighted by atomic mass is 35.5. The van der Waals surface area contributed by atoms with Gasteiger partial charge in [-0.05, 0) is 47.1 Å². The molecular formula is C20H19ClN2. The Hall–Kier alpha value is -2.06. The van der Waals surface area contributed by atoms with E-state index in [2.05, 4.69) is 40.7 Å². The average molecular weight is 323 g/mol. The molecule has 2 aromatic carbocycles. The molecule has 0 N–H and O–H groups in total. The van der Waals surface area contributed by atoms with Gasteiger partial charge in [0.2, 0.25) is 0 Å². The number of nitrogens with zero attached hydrogens (tertiary/aromatic N) is 2. The fourth-order valence-corrected chi connectivity index (χ4v) is 3.87. The van der Waals surface area contributed by atoms with E-state index >= 15 is 0 Å². The van der Waals surface area contributed by atoms with Gasteiger partial charge in [-0.2, -0.15) is 0 Å². The predicted octanol–water partition coefficient (Wildman–Crippen LogP) is 5.22. The van der Waals surface area contributed by atoms with Gasteiger partial charge in [-0.25, -0.2) is 4.98 Å². The van der Waals surface area contributed by atoms with Crippen LogP contribution in [-0.2, 0) is 6.42 Å². The van der Waals surface area contributed by atoms with Gasteiger partial charge in [0.15, 0.2) is 0 Å². The van der Waals surface area contributed by atoms with Crippen LogP contribution in [-0.4, -0.2) is 9.55 Å². The first-order chi connectivity index (χ1) is 11.2. The van der Waals surface area contributed by atoms with Gasteiger partial charge in [-0.15, -0.1) is 0 Å². The predicted molar refractivity (Wildman–Crippen MR) is 94.1 cm³/mol. The summed E-state index contributed by atoms with van der Waals surface area (Å²) in [5.74, 6) is 0.639. The van der Waals surface area contributed by atoms with Gasteiger partial charge < -0.3 is 4.57 Å². The molecule has 3 aromatic rings. The Kier molecular flexibility index (Phi) is 3.70. The summed E-state index contributed by atoms with van der Waals surface area (Å²) in [5.41, 5.74) is 5.35. The van der Waals surface area contributed by atoms with Crippen LogP contribution in [0.3, 0.4) is 0 Å². The molecular weight excluding hydrogens is 304 g/mol. The van der Waals surface area contributed by atoms with Crippen LogP contribution in [0, 0.1) is 0 Å². The summed E-state index contributed by atoms with van der Waals surface area (Å²) in [6.45, 7) is 2.32. The van der Waals surface area contributed by atoms with E-state index in [-0.39, 0.29) is 6.04 Å². The highest BCUT2D eigenvalue weighted by molar-refractivity contribution is 6.31. The van der Waals surface area contributed by atoms with E-state index in [9.17, 15) is 0 Å². The molecule has 2 atom stereocenters. The summed E-state index contributed by atoms with van der Waals surface area (Å²) in [5, 5.41) is 0.791. The molecule has 1 aromatic heterocycles. The second-order valence-corrected chi connectivity index (χ2v) is 6.74. The monoisotopic (exact) mass is 322 g/mol. The first-order valence-electron chi connectivity index (χ1n) is 8.08. The molecule has 0 spiro atoms. The molecule has 0 amide bonds. The van der Waals surface area contributed by atoms with E-state index in [1.165, 1.54) is 29.5 Å². The number of hydrogen-bond donors (Lipinski definition) is 0. The molecule has 0 aliphatic heterocycles. The van der Waals surface area contributed by atoms with Gasteiger partial charge in [0, 0.05) is 17.4 Å². The Morgan fingerprint density at radius 2 is 2.09 bits per heavy atom. The van der Waals surface area contributed by atoms with E-state index in [1.807, 2.05) is 36.9 Å². The van der Waals surface area contributed by atoms with Crippen LogP contribution in [0.2, 0.25) is 5.02 Å². The SMILES string of the molecule is CC1CCc2ccc(C(c3ccccc3Cl)n3ccnc3)cc21. The van der Waals surface area contributed by atoms with Crippen molar-refractivity contribution in [2.75, 3.05) is 0 Å². The topological polar surface area (TPSA) is 17.8 Å². The van der Waals surface area contributed by atoms with Crippen LogP contribution in [0.5, 0.6) is 0 Å². The minimum atomic E-state index is 0.0595. The lowest BCUT2D eigenvalue weighted by Gasteiger charge is -2.22. The lowest BCUT2D eigenvalue weighted by molar-refractivity contribution is 0.674. The third-order valence-electron chi connectivity index (χ3n) is 4.89. The summed E-state index contributed by atoms with van der Waals surface area (Å²) in [6, 6.07) is 15.0. The minimum absolute atomic E-state index is 0.0595. The molecule has 23 heavy (non-hydrogen) atoms. The van der Waals surface area contributed by atoms with E-state index in [1.54, 1.807) is 0 Å². The third kappa shape index (κ3) is 2.57. The Morgan fingerprint density at radius 1 is 1.22 bits per heavy atom. The van der Waals surface area contributed by atoms with E-state index in [0.717, 1.165) is 10.6 Å². The molecule has 116 valence electrons. The molecule has 0 saturated heterocycles. The van der Waals surface area contributed by atoms with Crippen molar-refractivity contribution >= 4 is 11.6 Å². The fourth-order valence-electron chi connectivity index (χ4n) is 3.63. The number of hydrogen-bond acceptors (Lipinski definition) is 1. The van der Waals surface area contributed by atoms with Crippen LogP contribution < -0.4 is 0 Å². The van der Waals surface area contributed by atoms with E-state index < -0.39 is 0 Å². The molecule has 0 radical (unpaired) electrons.